The van der Waals surface area contributed by atoms with Crippen molar-refractivity contribution in [3.8, 4) is 0 Å². The Hall–Kier alpha value is -0.720. The van der Waals surface area contributed by atoms with Crippen molar-refractivity contribution < 1.29 is 4.74 Å². The van der Waals surface area contributed by atoms with Crippen molar-refractivity contribution in [3.63, 3.8) is 0 Å². The van der Waals surface area contributed by atoms with Gasteiger partial charge in [-0.3, -0.25) is 0 Å². The van der Waals surface area contributed by atoms with E-state index in [0.717, 1.165) is 24.4 Å². The lowest BCUT2D eigenvalue weighted by Gasteiger charge is -2.07. The van der Waals surface area contributed by atoms with E-state index < -0.39 is 0 Å². The molecule has 1 nitrogen and oxygen atoms in total. The molecule has 0 bridgehead atoms. The van der Waals surface area contributed by atoms with Crippen molar-refractivity contribution in [2.75, 3.05) is 6.61 Å². The van der Waals surface area contributed by atoms with Crippen molar-refractivity contribution >= 4 is 0 Å². The second-order valence-electron chi connectivity index (χ2n) is 2.28. The lowest BCUT2D eigenvalue weighted by molar-refractivity contribution is 0.220. The van der Waals surface area contributed by atoms with Crippen LogP contribution in [0.25, 0.3) is 0 Å². The number of hydrogen-bond donors (Lipinski definition) is 0. The maximum Gasteiger partial charge on any atom is 0.117 e. The minimum Gasteiger partial charge on any atom is -0.494 e. The lowest BCUT2D eigenvalue weighted by Crippen LogP contribution is -1.93. The highest BCUT2D eigenvalue weighted by molar-refractivity contribution is 5.18. The largest absolute Gasteiger partial charge is 0.494 e. The molecule has 0 atom stereocenters. The fraction of sp³-hybridized carbons (Fsp3) is 0.556. The molecule has 1 heteroatoms. The number of allylic oxidation sites excluding steroid dienone is 2. The molecule has 0 spiro atoms. The molecule has 0 radical (unpaired) electrons. The molecule has 0 unspecified atom stereocenters. The van der Waals surface area contributed by atoms with Crippen LogP contribution >= 0.6 is 0 Å². The average molecular weight is 140 g/mol. The van der Waals surface area contributed by atoms with Crippen LogP contribution < -0.4 is 0 Å². The van der Waals surface area contributed by atoms with Gasteiger partial charge in [0, 0.05) is 0 Å². The highest BCUT2D eigenvalue weighted by Crippen LogP contribution is 2.07. The van der Waals surface area contributed by atoms with Gasteiger partial charge in [-0.2, -0.15) is 0 Å². The Morgan fingerprint density at radius 3 is 2.50 bits per heavy atom. The van der Waals surface area contributed by atoms with Crippen molar-refractivity contribution in [1.82, 2.24) is 0 Å². The van der Waals surface area contributed by atoms with Gasteiger partial charge in [0.2, 0.25) is 0 Å². The predicted molar refractivity (Wildman–Crippen MR) is 44.8 cm³/mol. The first-order valence-electron chi connectivity index (χ1n) is 3.67. The molecule has 0 aliphatic carbocycles. The van der Waals surface area contributed by atoms with Gasteiger partial charge in [0.25, 0.3) is 0 Å². The van der Waals surface area contributed by atoms with Gasteiger partial charge in [-0.1, -0.05) is 13.5 Å². The Morgan fingerprint density at radius 1 is 1.60 bits per heavy atom. The van der Waals surface area contributed by atoms with Gasteiger partial charge in [-0.05, 0) is 31.9 Å². The van der Waals surface area contributed by atoms with Gasteiger partial charge < -0.3 is 4.74 Å². The van der Waals surface area contributed by atoms with E-state index in [1.165, 1.54) is 0 Å². The molecular formula is C9H16O. The fourth-order valence-corrected chi connectivity index (χ4v) is 0.665. The van der Waals surface area contributed by atoms with Crippen LogP contribution in [0.15, 0.2) is 24.0 Å². The summed E-state index contributed by atoms with van der Waals surface area (Å²) in [5.74, 6) is 0.918. The van der Waals surface area contributed by atoms with Crippen molar-refractivity contribution in [2.24, 2.45) is 0 Å². The Labute approximate surface area is 63.4 Å². The van der Waals surface area contributed by atoms with Gasteiger partial charge in [0.15, 0.2) is 0 Å². The van der Waals surface area contributed by atoms with E-state index in [2.05, 4.69) is 13.5 Å². The Kier molecular flexibility index (Phi) is 4.73. The average Bonchev–Trinajstić information content (AvgIpc) is 1.89. The van der Waals surface area contributed by atoms with E-state index in [9.17, 15) is 0 Å². The zero-order chi connectivity index (χ0) is 7.98. The first-order chi connectivity index (χ1) is 4.72. The number of ether oxygens (including phenoxy) is 1. The Bertz CT molecular complexity index is 134. The molecule has 10 heavy (non-hydrogen) atoms. The summed E-state index contributed by atoms with van der Waals surface area (Å²) in [7, 11) is 0. The zero-order valence-corrected chi connectivity index (χ0v) is 7.11. The van der Waals surface area contributed by atoms with Gasteiger partial charge >= 0.3 is 0 Å². The summed E-state index contributed by atoms with van der Waals surface area (Å²) in [5.41, 5.74) is 0.996. The normalized spacial score (nSPS) is 11.3. The van der Waals surface area contributed by atoms with Crippen LogP contribution in [0, 0.1) is 0 Å². The molecule has 0 aromatic carbocycles. The molecule has 0 saturated heterocycles. The molecule has 0 aliphatic rings. The second kappa shape index (κ2) is 5.10. The summed E-state index contributed by atoms with van der Waals surface area (Å²) in [4.78, 5) is 0. The number of rotatable bonds is 4. The van der Waals surface area contributed by atoms with Gasteiger partial charge in [-0.15, -0.1) is 0 Å². The van der Waals surface area contributed by atoms with E-state index in [0.29, 0.717) is 0 Å². The molecule has 0 aliphatic heterocycles. The number of hydrogen-bond acceptors (Lipinski definition) is 1. The molecule has 0 fully saturated rings. The molecule has 0 aromatic rings. The van der Waals surface area contributed by atoms with E-state index in [1.54, 1.807) is 0 Å². The SMILES string of the molecule is C=C(C)C(=CC)OCCC. The predicted octanol–water partition coefficient (Wildman–Crippen LogP) is 2.89. The van der Waals surface area contributed by atoms with Crippen LogP contribution in [0.3, 0.4) is 0 Å². The molecule has 0 aromatic heterocycles. The third-order valence-electron chi connectivity index (χ3n) is 1.14. The van der Waals surface area contributed by atoms with Crippen LogP contribution in [0.2, 0.25) is 0 Å². The van der Waals surface area contributed by atoms with Gasteiger partial charge in [0.1, 0.15) is 5.76 Å². The quantitative estimate of drug-likeness (QED) is 0.431. The van der Waals surface area contributed by atoms with Crippen molar-refractivity contribution in [2.45, 2.75) is 27.2 Å². The van der Waals surface area contributed by atoms with Crippen LogP contribution in [0.4, 0.5) is 0 Å². The zero-order valence-electron chi connectivity index (χ0n) is 7.11. The van der Waals surface area contributed by atoms with E-state index in [4.69, 9.17) is 4.74 Å². The Balaban J connectivity index is 3.74. The molecular weight excluding hydrogens is 124 g/mol. The van der Waals surface area contributed by atoms with Gasteiger partial charge in [-0.25, -0.2) is 0 Å². The monoisotopic (exact) mass is 140 g/mol. The van der Waals surface area contributed by atoms with E-state index in [1.807, 2.05) is 19.9 Å². The topological polar surface area (TPSA) is 9.23 Å². The van der Waals surface area contributed by atoms with Gasteiger partial charge in [0.05, 0.1) is 6.61 Å². The van der Waals surface area contributed by atoms with Crippen molar-refractivity contribution in [3.05, 3.63) is 24.0 Å². The standard InChI is InChI=1S/C9H16O/c1-5-7-10-9(6-2)8(3)4/h6H,3,5,7H2,1-2,4H3. The first kappa shape index (κ1) is 9.28. The summed E-state index contributed by atoms with van der Waals surface area (Å²) in [6.07, 6.45) is 2.99. The highest BCUT2D eigenvalue weighted by Gasteiger charge is 1.94. The van der Waals surface area contributed by atoms with E-state index in [-0.39, 0.29) is 0 Å². The van der Waals surface area contributed by atoms with Crippen molar-refractivity contribution in [1.29, 1.82) is 0 Å². The molecule has 0 heterocycles. The maximum atomic E-state index is 5.36. The summed E-state index contributed by atoms with van der Waals surface area (Å²) in [6.45, 7) is 10.6. The fourth-order valence-electron chi connectivity index (χ4n) is 0.665. The third kappa shape index (κ3) is 3.33. The molecule has 0 N–H and O–H groups in total. The van der Waals surface area contributed by atoms with E-state index >= 15 is 0 Å². The molecule has 0 rings (SSSR count). The minimum absolute atomic E-state index is 0.784. The molecule has 0 saturated carbocycles. The summed E-state index contributed by atoms with van der Waals surface area (Å²) < 4.78 is 5.36. The minimum atomic E-state index is 0.784. The lowest BCUT2D eigenvalue weighted by atomic mass is 10.3. The van der Waals surface area contributed by atoms with Crippen LogP contribution in [-0.4, -0.2) is 6.61 Å². The smallest absolute Gasteiger partial charge is 0.117 e. The summed E-state index contributed by atoms with van der Waals surface area (Å²) in [5, 5.41) is 0. The van der Waals surface area contributed by atoms with Crippen LogP contribution in [-0.2, 0) is 4.74 Å². The molecule has 0 amide bonds. The Morgan fingerprint density at radius 2 is 2.20 bits per heavy atom. The second-order valence-corrected chi connectivity index (χ2v) is 2.28. The first-order valence-corrected chi connectivity index (χ1v) is 3.67. The molecule has 58 valence electrons. The van der Waals surface area contributed by atoms with Crippen LogP contribution in [0.5, 0.6) is 0 Å². The maximum absolute atomic E-state index is 5.36. The summed E-state index contributed by atoms with van der Waals surface area (Å²) in [6, 6.07) is 0. The van der Waals surface area contributed by atoms with Crippen LogP contribution in [0.1, 0.15) is 27.2 Å². The summed E-state index contributed by atoms with van der Waals surface area (Å²) >= 11 is 0. The highest BCUT2D eigenvalue weighted by atomic mass is 16.5. The third-order valence-corrected chi connectivity index (χ3v) is 1.14.